The van der Waals surface area contributed by atoms with Crippen LogP contribution >= 0.6 is 0 Å². The Morgan fingerprint density at radius 3 is 1.89 bits per heavy atom. The van der Waals surface area contributed by atoms with Crippen LogP contribution in [0, 0.1) is 19.3 Å². The van der Waals surface area contributed by atoms with Crippen LogP contribution in [0.2, 0.25) is 0 Å². The fourth-order valence-corrected chi connectivity index (χ4v) is 1.98. The Kier molecular flexibility index (Phi) is 3.71. The maximum absolute atomic E-state index is 10.7. The molecule has 0 saturated heterocycles. The van der Waals surface area contributed by atoms with E-state index < -0.39 is 5.60 Å². The summed E-state index contributed by atoms with van der Waals surface area (Å²) >= 11 is 0. The molecule has 19 heavy (non-hydrogen) atoms. The van der Waals surface area contributed by atoms with Crippen molar-refractivity contribution in [1.29, 1.82) is 0 Å². The highest BCUT2D eigenvalue weighted by molar-refractivity contribution is 5.44. The first-order valence-corrected chi connectivity index (χ1v) is 6.07. The van der Waals surface area contributed by atoms with Crippen molar-refractivity contribution in [3.8, 4) is 12.3 Å². The van der Waals surface area contributed by atoms with Crippen LogP contribution in [0.15, 0.2) is 48.5 Å². The Balaban J connectivity index is 2.47. The number of hydrogen-bond donors (Lipinski definition) is 2. The van der Waals surface area contributed by atoms with Crippen molar-refractivity contribution < 1.29 is 10.2 Å². The summed E-state index contributed by atoms with van der Waals surface area (Å²) in [6.07, 6.45) is 5.53. The van der Waals surface area contributed by atoms with Gasteiger partial charge in [0.15, 0.2) is 5.60 Å². The number of aryl methyl sites for hydroxylation is 1. The van der Waals surface area contributed by atoms with Gasteiger partial charge in [-0.15, -0.1) is 6.42 Å². The maximum atomic E-state index is 10.7. The summed E-state index contributed by atoms with van der Waals surface area (Å²) in [6, 6.07) is 14.5. The van der Waals surface area contributed by atoms with Gasteiger partial charge >= 0.3 is 0 Å². The van der Waals surface area contributed by atoms with Crippen LogP contribution in [0.3, 0.4) is 0 Å². The van der Waals surface area contributed by atoms with Gasteiger partial charge in [0.2, 0.25) is 0 Å². The fraction of sp³-hybridized carbons (Fsp3) is 0.176. The Bertz CT molecular complexity index is 591. The standard InChI is InChI=1S/C17H16O2/c1-3-17(19,15-8-4-13(2)5-9-15)16-10-6-14(12-18)7-11-16/h1,4-11,18-19H,12H2,2H3. The molecule has 0 fully saturated rings. The van der Waals surface area contributed by atoms with Crippen molar-refractivity contribution in [2.24, 2.45) is 0 Å². The van der Waals surface area contributed by atoms with Crippen LogP contribution < -0.4 is 0 Å². The van der Waals surface area contributed by atoms with E-state index in [-0.39, 0.29) is 6.61 Å². The number of aliphatic hydroxyl groups excluding tert-OH is 1. The van der Waals surface area contributed by atoms with Crippen molar-refractivity contribution in [2.45, 2.75) is 19.1 Å². The molecule has 2 aromatic rings. The normalized spacial score (nSPS) is 13.6. The van der Waals surface area contributed by atoms with E-state index in [1.807, 2.05) is 31.2 Å². The summed E-state index contributed by atoms with van der Waals surface area (Å²) < 4.78 is 0. The lowest BCUT2D eigenvalue weighted by molar-refractivity contribution is 0.145. The average Bonchev–Trinajstić information content (AvgIpc) is 2.47. The molecule has 1 atom stereocenters. The highest BCUT2D eigenvalue weighted by Crippen LogP contribution is 2.29. The zero-order chi connectivity index (χ0) is 13.9. The summed E-state index contributed by atoms with van der Waals surface area (Å²) in [5.74, 6) is 2.46. The topological polar surface area (TPSA) is 40.5 Å². The van der Waals surface area contributed by atoms with E-state index in [9.17, 15) is 5.11 Å². The molecule has 96 valence electrons. The third kappa shape index (κ3) is 2.53. The minimum atomic E-state index is -1.44. The maximum Gasteiger partial charge on any atom is 0.176 e. The number of benzene rings is 2. The highest BCUT2D eigenvalue weighted by Gasteiger charge is 2.28. The molecular weight excluding hydrogens is 236 g/mol. The van der Waals surface area contributed by atoms with Crippen LogP contribution in [0.5, 0.6) is 0 Å². The van der Waals surface area contributed by atoms with Gasteiger partial charge in [-0.1, -0.05) is 60.0 Å². The van der Waals surface area contributed by atoms with Gasteiger partial charge in [0.25, 0.3) is 0 Å². The van der Waals surface area contributed by atoms with Crippen LogP contribution in [0.4, 0.5) is 0 Å². The minimum absolute atomic E-state index is 0.0285. The average molecular weight is 252 g/mol. The lowest BCUT2D eigenvalue weighted by Crippen LogP contribution is -2.25. The molecule has 2 rings (SSSR count). The van der Waals surface area contributed by atoms with Gasteiger partial charge in [0, 0.05) is 11.1 Å². The van der Waals surface area contributed by atoms with Gasteiger partial charge in [-0.2, -0.15) is 0 Å². The summed E-state index contributed by atoms with van der Waals surface area (Å²) in [5, 5.41) is 19.8. The number of terminal acetylenes is 1. The van der Waals surface area contributed by atoms with Crippen molar-refractivity contribution in [2.75, 3.05) is 0 Å². The summed E-state index contributed by atoms with van der Waals surface area (Å²) in [6.45, 7) is 1.95. The highest BCUT2D eigenvalue weighted by atomic mass is 16.3. The molecule has 2 nitrogen and oxygen atoms in total. The molecule has 0 aliphatic rings. The largest absolute Gasteiger partial charge is 0.392 e. The third-order valence-electron chi connectivity index (χ3n) is 3.23. The minimum Gasteiger partial charge on any atom is -0.392 e. The molecule has 2 aromatic carbocycles. The summed E-state index contributed by atoms with van der Waals surface area (Å²) in [4.78, 5) is 0. The van der Waals surface area contributed by atoms with E-state index in [4.69, 9.17) is 11.5 Å². The predicted octanol–water partition coefficient (Wildman–Crippen LogP) is 2.36. The van der Waals surface area contributed by atoms with Gasteiger partial charge in [-0.3, -0.25) is 0 Å². The van der Waals surface area contributed by atoms with Crippen LogP contribution in [-0.2, 0) is 12.2 Å². The van der Waals surface area contributed by atoms with E-state index in [0.29, 0.717) is 11.1 Å². The molecule has 0 aliphatic carbocycles. The van der Waals surface area contributed by atoms with Gasteiger partial charge in [0.1, 0.15) is 0 Å². The van der Waals surface area contributed by atoms with E-state index in [1.165, 1.54) is 0 Å². The molecular formula is C17H16O2. The Morgan fingerprint density at radius 1 is 1.00 bits per heavy atom. The van der Waals surface area contributed by atoms with Gasteiger partial charge in [0.05, 0.1) is 6.61 Å². The fourth-order valence-electron chi connectivity index (χ4n) is 1.98. The Hall–Kier alpha value is -2.08. The SMILES string of the molecule is C#CC(O)(c1ccc(C)cc1)c1ccc(CO)cc1. The molecule has 0 saturated carbocycles. The first-order chi connectivity index (χ1) is 9.10. The third-order valence-corrected chi connectivity index (χ3v) is 3.23. The van der Waals surface area contributed by atoms with Gasteiger partial charge in [-0.25, -0.2) is 0 Å². The molecule has 0 spiro atoms. The van der Waals surface area contributed by atoms with Gasteiger partial charge in [-0.05, 0) is 12.5 Å². The molecule has 0 radical (unpaired) electrons. The van der Waals surface area contributed by atoms with Crippen LogP contribution in [-0.4, -0.2) is 10.2 Å². The van der Waals surface area contributed by atoms with Crippen molar-refractivity contribution >= 4 is 0 Å². The molecule has 0 amide bonds. The number of rotatable bonds is 3. The molecule has 1 unspecified atom stereocenters. The molecule has 0 heterocycles. The molecule has 0 bridgehead atoms. The molecule has 2 heteroatoms. The zero-order valence-electron chi connectivity index (χ0n) is 10.8. The lowest BCUT2D eigenvalue weighted by Gasteiger charge is -2.23. The second kappa shape index (κ2) is 5.27. The van der Waals surface area contributed by atoms with Crippen LogP contribution in [0.1, 0.15) is 22.3 Å². The second-order valence-electron chi connectivity index (χ2n) is 4.58. The van der Waals surface area contributed by atoms with E-state index >= 15 is 0 Å². The summed E-state index contributed by atoms with van der Waals surface area (Å²) in [7, 11) is 0. The van der Waals surface area contributed by atoms with E-state index in [0.717, 1.165) is 11.1 Å². The Morgan fingerprint density at radius 2 is 1.47 bits per heavy atom. The smallest absolute Gasteiger partial charge is 0.176 e. The molecule has 0 aromatic heterocycles. The first-order valence-electron chi connectivity index (χ1n) is 6.07. The Labute approximate surface area is 113 Å². The second-order valence-corrected chi connectivity index (χ2v) is 4.58. The van der Waals surface area contributed by atoms with E-state index in [2.05, 4.69) is 5.92 Å². The van der Waals surface area contributed by atoms with Crippen molar-refractivity contribution in [3.05, 3.63) is 70.8 Å². The van der Waals surface area contributed by atoms with Crippen molar-refractivity contribution in [1.82, 2.24) is 0 Å². The predicted molar refractivity (Wildman–Crippen MR) is 75.4 cm³/mol. The van der Waals surface area contributed by atoms with Gasteiger partial charge < -0.3 is 10.2 Å². The number of hydrogen-bond acceptors (Lipinski definition) is 2. The molecule has 0 aliphatic heterocycles. The number of aliphatic hydroxyl groups is 2. The van der Waals surface area contributed by atoms with Crippen LogP contribution in [0.25, 0.3) is 0 Å². The van der Waals surface area contributed by atoms with E-state index in [1.54, 1.807) is 24.3 Å². The van der Waals surface area contributed by atoms with Crippen molar-refractivity contribution in [3.63, 3.8) is 0 Å². The quantitative estimate of drug-likeness (QED) is 0.823. The molecule has 2 N–H and O–H groups in total. The monoisotopic (exact) mass is 252 g/mol. The summed E-state index contributed by atoms with van der Waals surface area (Å²) in [5.41, 5.74) is 1.74. The lowest BCUT2D eigenvalue weighted by atomic mass is 9.86. The first kappa shape index (κ1) is 13.4. The zero-order valence-corrected chi connectivity index (χ0v) is 10.8.